The topological polar surface area (TPSA) is 96.5 Å². The monoisotopic (exact) mass is 493 g/mol. The number of ether oxygens (including phenoxy) is 1. The Morgan fingerprint density at radius 1 is 1.03 bits per heavy atom. The van der Waals surface area contributed by atoms with E-state index in [1.807, 2.05) is 32.9 Å². The maximum absolute atomic E-state index is 12.8. The zero-order valence-corrected chi connectivity index (χ0v) is 20.6. The predicted molar refractivity (Wildman–Crippen MR) is 140 cm³/mol. The highest BCUT2D eigenvalue weighted by atomic mass is 32.2. The number of hydrogen-bond donors (Lipinski definition) is 3. The fourth-order valence-electron chi connectivity index (χ4n) is 3.19. The van der Waals surface area contributed by atoms with Gasteiger partial charge in [-0.3, -0.25) is 14.8 Å². The number of benzene rings is 3. The molecule has 0 spiro atoms. The molecule has 3 aromatic rings. The lowest BCUT2D eigenvalue weighted by atomic mass is 9.94. The molecule has 0 aliphatic carbocycles. The maximum atomic E-state index is 12.8. The van der Waals surface area contributed by atoms with E-state index in [0.29, 0.717) is 29.2 Å². The van der Waals surface area contributed by atoms with Crippen molar-refractivity contribution >= 4 is 57.9 Å². The molecule has 3 aromatic carbocycles. The zero-order chi connectivity index (χ0) is 24.9. The van der Waals surface area contributed by atoms with Crippen molar-refractivity contribution in [2.45, 2.75) is 25.7 Å². The average molecular weight is 493 g/mol. The summed E-state index contributed by atoms with van der Waals surface area (Å²) in [7, 11) is 2.02. The van der Waals surface area contributed by atoms with Gasteiger partial charge in [-0.2, -0.15) is 0 Å². The van der Waals surface area contributed by atoms with Crippen LogP contribution in [0.25, 0.3) is 0 Å². The van der Waals surface area contributed by atoms with Crippen LogP contribution in [0.15, 0.2) is 65.6 Å². The summed E-state index contributed by atoms with van der Waals surface area (Å²) in [6.45, 7) is 5.98. The third-order valence-corrected chi connectivity index (χ3v) is 6.41. The van der Waals surface area contributed by atoms with E-state index >= 15 is 0 Å². The molecule has 0 aliphatic heterocycles. The Morgan fingerprint density at radius 3 is 2.38 bits per heavy atom. The molecule has 7 nitrogen and oxygen atoms in total. The smallest absolute Gasteiger partial charge is 0.261 e. The van der Waals surface area contributed by atoms with Crippen molar-refractivity contribution in [3.05, 3.63) is 77.4 Å². The third kappa shape index (κ3) is 6.36. The molecule has 0 saturated heterocycles. The molecule has 0 heterocycles. The van der Waals surface area contributed by atoms with Gasteiger partial charge in [-0.05, 0) is 75.0 Å². The molecule has 2 radical (unpaired) electrons. The molecule has 0 bridgehead atoms. The summed E-state index contributed by atoms with van der Waals surface area (Å²) >= 11 is 5.23. The van der Waals surface area contributed by atoms with Crippen LogP contribution in [0.1, 0.15) is 28.4 Å². The van der Waals surface area contributed by atoms with Gasteiger partial charge in [0.1, 0.15) is 13.6 Å². The first-order valence-electron chi connectivity index (χ1n) is 10.4. The molecule has 0 atom stereocenters. The fraction of sp³-hybridized carbons (Fsp3) is 0.167. The van der Waals surface area contributed by atoms with Crippen LogP contribution in [0.2, 0.25) is 0 Å². The molecule has 3 rings (SSSR count). The molecular weight excluding hydrogens is 469 g/mol. The predicted octanol–water partition coefficient (Wildman–Crippen LogP) is 3.42. The summed E-state index contributed by atoms with van der Waals surface area (Å²) < 4.78 is 33.6. The lowest BCUT2D eigenvalue weighted by molar-refractivity contribution is 0.0974. The summed E-state index contributed by atoms with van der Waals surface area (Å²) in [5.41, 5.74) is 3.57. The largest absolute Gasteiger partial charge is 0.493 e. The number of sulfonamides is 1. The number of carbonyl (C=O) groups excluding carboxylic acids is 1. The van der Waals surface area contributed by atoms with Crippen LogP contribution in [-0.2, 0) is 10.0 Å². The standard InChI is InChI=1S/C24H24BN3O4S2/c1-4-32-22-12-6-17(25)14-20(22)23(29)27-24(33)26-18-7-9-19(10-8-18)34(30,31)28-21-11-5-15(2)13-16(21)3/h5-14,28H,4H2,1-3H3,(H2,26,27,29,33). The fourth-order valence-corrected chi connectivity index (χ4v) is 4.53. The van der Waals surface area contributed by atoms with E-state index in [9.17, 15) is 13.2 Å². The quantitative estimate of drug-likeness (QED) is 0.345. The lowest BCUT2D eigenvalue weighted by Crippen LogP contribution is -2.34. The van der Waals surface area contributed by atoms with E-state index in [1.165, 1.54) is 18.2 Å². The molecule has 0 unspecified atom stereocenters. The number of thiocarbonyl (C=S) groups is 1. The first-order valence-corrected chi connectivity index (χ1v) is 12.3. The minimum absolute atomic E-state index is 0.0406. The number of rotatable bonds is 7. The van der Waals surface area contributed by atoms with Gasteiger partial charge in [0.05, 0.1) is 22.8 Å². The first-order chi connectivity index (χ1) is 16.1. The van der Waals surface area contributed by atoms with Gasteiger partial charge in [0.15, 0.2) is 5.11 Å². The van der Waals surface area contributed by atoms with E-state index < -0.39 is 15.9 Å². The van der Waals surface area contributed by atoms with Crippen molar-refractivity contribution in [1.29, 1.82) is 0 Å². The molecule has 0 saturated carbocycles. The summed E-state index contributed by atoms with van der Waals surface area (Å²) in [4.78, 5) is 12.7. The number of amides is 1. The van der Waals surface area contributed by atoms with Gasteiger partial charge >= 0.3 is 0 Å². The van der Waals surface area contributed by atoms with E-state index in [2.05, 4.69) is 15.4 Å². The van der Waals surface area contributed by atoms with E-state index in [4.69, 9.17) is 24.8 Å². The number of nitrogens with one attached hydrogen (secondary N) is 3. The molecule has 1 amide bonds. The lowest BCUT2D eigenvalue weighted by Gasteiger charge is -2.14. The van der Waals surface area contributed by atoms with Crippen LogP contribution in [0, 0.1) is 13.8 Å². The van der Waals surface area contributed by atoms with Gasteiger partial charge in [0, 0.05) is 5.69 Å². The van der Waals surface area contributed by atoms with Crippen molar-refractivity contribution in [3.8, 4) is 5.75 Å². The SMILES string of the molecule is [B]c1ccc(OCC)c(C(=O)NC(=S)Nc2ccc(S(=O)(=O)Nc3ccc(C)cc3C)cc2)c1. The van der Waals surface area contributed by atoms with Crippen molar-refractivity contribution in [2.75, 3.05) is 16.6 Å². The summed E-state index contributed by atoms with van der Waals surface area (Å²) in [6.07, 6.45) is 0. The van der Waals surface area contributed by atoms with Crippen molar-refractivity contribution in [3.63, 3.8) is 0 Å². The number of carbonyl (C=O) groups is 1. The summed E-state index contributed by atoms with van der Waals surface area (Å²) in [5.74, 6) is -0.0898. The highest BCUT2D eigenvalue weighted by Crippen LogP contribution is 2.22. The first kappa shape index (κ1) is 25.3. The molecular formula is C24H24BN3O4S2. The van der Waals surface area contributed by atoms with Gasteiger partial charge in [-0.15, -0.1) is 0 Å². The van der Waals surface area contributed by atoms with Crippen LogP contribution in [0.5, 0.6) is 5.75 Å². The normalized spacial score (nSPS) is 10.9. The Kier molecular flexibility index (Phi) is 7.96. The Labute approximate surface area is 206 Å². The van der Waals surface area contributed by atoms with E-state index in [-0.39, 0.29) is 15.6 Å². The van der Waals surface area contributed by atoms with Crippen molar-refractivity contribution < 1.29 is 17.9 Å². The number of hydrogen-bond acceptors (Lipinski definition) is 5. The van der Waals surface area contributed by atoms with E-state index in [0.717, 1.165) is 11.1 Å². The zero-order valence-electron chi connectivity index (χ0n) is 19.0. The van der Waals surface area contributed by atoms with Gasteiger partial charge in [-0.25, -0.2) is 8.42 Å². The molecule has 0 aromatic heterocycles. The van der Waals surface area contributed by atoms with Crippen LogP contribution >= 0.6 is 12.2 Å². The second kappa shape index (κ2) is 10.7. The Balaban J connectivity index is 1.67. The highest BCUT2D eigenvalue weighted by Gasteiger charge is 2.17. The average Bonchev–Trinajstić information content (AvgIpc) is 2.77. The van der Waals surface area contributed by atoms with Crippen molar-refractivity contribution in [1.82, 2.24) is 5.32 Å². The minimum atomic E-state index is -3.77. The number of anilines is 2. The Morgan fingerprint density at radius 2 is 1.74 bits per heavy atom. The van der Waals surface area contributed by atoms with Gasteiger partial charge in [0.2, 0.25) is 0 Å². The molecule has 0 aliphatic rings. The van der Waals surface area contributed by atoms with Crippen LogP contribution < -0.4 is 25.6 Å². The van der Waals surface area contributed by atoms with E-state index in [1.54, 1.807) is 30.3 Å². The Bertz CT molecular complexity index is 1330. The molecule has 10 heteroatoms. The molecule has 174 valence electrons. The van der Waals surface area contributed by atoms with Crippen LogP contribution in [-0.4, -0.2) is 33.9 Å². The third-order valence-electron chi connectivity index (χ3n) is 4.82. The second-order valence-corrected chi connectivity index (χ2v) is 9.64. The molecule has 0 fully saturated rings. The summed E-state index contributed by atoms with van der Waals surface area (Å²) in [5, 5.41) is 5.48. The molecule has 3 N–H and O–H groups in total. The van der Waals surface area contributed by atoms with Crippen LogP contribution in [0.4, 0.5) is 11.4 Å². The molecule has 34 heavy (non-hydrogen) atoms. The minimum Gasteiger partial charge on any atom is -0.493 e. The van der Waals surface area contributed by atoms with Gasteiger partial charge in [0.25, 0.3) is 15.9 Å². The second-order valence-electron chi connectivity index (χ2n) is 7.55. The highest BCUT2D eigenvalue weighted by molar-refractivity contribution is 7.92. The summed E-state index contributed by atoms with van der Waals surface area (Å²) in [6, 6.07) is 16.3. The van der Waals surface area contributed by atoms with Crippen LogP contribution in [0.3, 0.4) is 0 Å². The number of aryl methyl sites for hydroxylation is 2. The Hall–Kier alpha value is -3.37. The maximum Gasteiger partial charge on any atom is 0.261 e. The van der Waals surface area contributed by atoms with Crippen molar-refractivity contribution in [2.24, 2.45) is 0 Å². The van der Waals surface area contributed by atoms with Gasteiger partial charge < -0.3 is 10.1 Å². The van der Waals surface area contributed by atoms with Gasteiger partial charge in [-0.1, -0.05) is 35.3 Å².